The smallest absolute Gasteiger partial charge is 0.127 e. The van der Waals surface area contributed by atoms with Crippen molar-refractivity contribution in [3.63, 3.8) is 0 Å². The Labute approximate surface area is 83.7 Å². The summed E-state index contributed by atoms with van der Waals surface area (Å²) in [5.41, 5.74) is 1.32. The van der Waals surface area contributed by atoms with Crippen molar-refractivity contribution in [1.82, 2.24) is 9.97 Å². The molecule has 0 radical (unpaired) electrons. The topological polar surface area (TPSA) is 25.8 Å². The third-order valence-corrected chi connectivity index (χ3v) is 4.13. The Morgan fingerprint density at radius 3 is 3.38 bits per heavy atom. The molecule has 0 atom stereocenters. The predicted molar refractivity (Wildman–Crippen MR) is 57.7 cm³/mol. The van der Waals surface area contributed by atoms with Crippen molar-refractivity contribution in [2.45, 2.75) is 5.75 Å². The van der Waals surface area contributed by atoms with Gasteiger partial charge in [-0.15, -0.1) is 23.1 Å². The van der Waals surface area contributed by atoms with Gasteiger partial charge in [0.2, 0.25) is 0 Å². The lowest BCUT2D eigenvalue weighted by atomic mass is 10.2. The first-order valence-electron chi connectivity index (χ1n) is 3.95. The van der Waals surface area contributed by atoms with Crippen LogP contribution in [0.2, 0.25) is 0 Å². The molecule has 2 aromatic heterocycles. The number of thiophene rings is 1. The first-order valence-corrected chi connectivity index (χ1v) is 5.81. The third kappa shape index (κ3) is 1.09. The summed E-state index contributed by atoms with van der Waals surface area (Å²) in [7, 11) is 0. The summed E-state index contributed by atoms with van der Waals surface area (Å²) in [6.45, 7) is 0. The standard InChI is InChI=1S/C9H6N2S2/c1-2-12-4-8-6(1)7-3-10-5-11-9(7)13-8/h1-3,5H,4H2. The van der Waals surface area contributed by atoms with Crippen LogP contribution in [0.1, 0.15) is 10.4 Å². The lowest BCUT2D eigenvalue weighted by Gasteiger charge is -2.02. The largest absolute Gasteiger partial charge is 0.244 e. The zero-order valence-electron chi connectivity index (χ0n) is 6.73. The van der Waals surface area contributed by atoms with Crippen LogP contribution in [0.5, 0.6) is 0 Å². The van der Waals surface area contributed by atoms with Gasteiger partial charge in [-0.2, -0.15) is 0 Å². The van der Waals surface area contributed by atoms with Crippen LogP contribution in [-0.4, -0.2) is 9.97 Å². The fraction of sp³-hybridized carbons (Fsp3) is 0.111. The van der Waals surface area contributed by atoms with E-state index in [2.05, 4.69) is 21.5 Å². The van der Waals surface area contributed by atoms with Gasteiger partial charge in [0.05, 0.1) is 0 Å². The molecule has 0 amide bonds. The Morgan fingerprint density at radius 1 is 1.38 bits per heavy atom. The van der Waals surface area contributed by atoms with Gasteiger partial charge in [0.1, 0.15) is 11.2 Å². The van der Waals surface area contributed by atoms with E-state index < -0.39 is 0 Å². The molecule has 2 nitrogen and oxygen atoms in total. The number of thioether (sulfide) groups is 1. The Kier molecular flexibility index (Phi) is 1.63. The minimum Gasteiger partial charge on any atom is -0.244 e. The molecular formula is C9H6N2S2. The molecule has 0 saturated heterocycles. The number of hydrogen-bond acceptors (Lipinski definition) is 4. The van der Waals surface area contributed by atoms with E-state index >= 15 is 0 Å². The van der Waals surface area contributed by atoms with Crippen LogP contribution in [0.3, 0.4) is 0 Å². The lowest BCUT2D eigenvalue weighted by Crippen LogP contribution is -1.82. The normalized spacial score (nSPS) is 14.8. The van der Waals surface area contributed by atoms with Gasteiger partial charge in [-0.05, 0) is 11.5 Å². The quantitative estimate of drug-likeness (QED) is 0.663. The molecule has 13 heavy (non-hydrogen) atoms. The van der Waals surface area contributed by atoms with Gasteiger partial charge in [0, 0.05) is 27.8 Å². The Bertz CT molecular complexity index is 487. The van der Waals surface area contributed by atoms with Crippen molar-refractivity contribution in [1.29, 1.82) is 0 Å². The van der Waals surface area contributed by atoms with Gasteiger partial charge in [0.25, 0.3) is 0 Å². The summed E-state index contributed by atoms with van der Waals surface area (Å²) in [6, 6.07) is 0. The molecule has 0 saturated carbocycles. The van der Waals surface area contributed by atoms with E-state index in [0.29, 0.717) is 0 Å². The number of hydrogen-bond donors (Lipinski definition) is 0. The SMILES string of the molecule is C1=Cc2c(sc3ncncc23)CS1. The van der Waals surface area contributed by atoms with Crippen molar-refractivity contribution < 1.29 is 0 Å². The number of nitrogens with zero attached hydrogens (tertiary/aromatic N) is 2. The summed E-state index contributed by atoms with van der Waals surface area (Å²) in [4.78, 5) is 10.8. The third-order valence-electron chi connectivity index (χ3n) is 2.03. The summed E-state index contributed by atoms with van der Waals surface area (Å²) < 4.78 is 0. The molecule has 4 heteroatoms. The number of rotatable bonds is 0. The molecule has 64 valence electrons. The van der Waals surface area contributed by atoms with Crippen molar-refractivity contribution in [2.24, 2.45) is 0 Å². The van der Waals surface area contributed by atoms with E-state index in [0.717, 1.165) is 10.6 Å². The first kappa shape index (κ1) is 7.53. The summed E-state index contributed by atoms with van der Waals surface area (Å²) in [6.07, 6.45) is 5.67. The Morgan fingerprint density at radius 2 is 2.38 bits per heavy atom. The van der Waals surface area contributed by atoms with Crippen molar-refractivity contribution in [3.05, 3.63) is 28.4 Å². The Hall–Kier alpha value is -0.870. The molecule has 3 rings (SSSR count). The molecule has 0 N–H and O–H groups in total. The van der Waals surface area contributed by atoms with E-state index in [1.54, 1.807) is 17.7 Å². The highest BCUT2D eigenvalue weighted by molar-refractivity contribution is 8.01. The van der Waals surface area contributed by atoms with E-state index in [4.69, 9.17) is 0 Å². The van der Waals surface area contributed by atoms with E-state index in [9.17, 15) is 0 Å². The van der Waals surface area contributed by atoms with Crippen LogP contribution in [0, 0.1) is 0 Å². The van der Waals surface area contributed by atoms with Gasteiger partial charge in [0.15, 0.2) is 0 Å². The van der Waals surface area contributed by atoms with Gasteiger partial charge in [-0.25, -0.2) is 9.97 Å². The highest BCUT2D eigenvalue weighted by Crippen LogP contribution is 2.36. The molecule has 0 fully saturated rings. The summed E-state index contributed by atoms with van der Waals surface area (Å²) in [5, 5.41) is 3.33. The van der Waals surface area contributed by atoms with Crippen molar-refractivity contribution >= 4 is 39.4 Å². The molecule has 2 aromatic rings. The Balaban J connectivity index is 2.42. The van der Waals surface area contributed by atoms with E-state index in [1.165, 1.54) is 15.8 Å². The van der Waals surface area contributed by atoms with E-state index in [1.807, 2.05) is 18.0 Å². The fourth-order valence-corrected chi connectivity index (χ4v) is 3.41. The van der Waals surface area contributed by atoms with Crippen LogP contribution >= 0.6 is 23.1 Å². The average molecular weight is 206 g/mol. The average Bonchev–Trinajstić information content (AvgIpc) is 2.56. The lowest BCUT2D eigenvalue weighted by molar-refractivity contribution is 1.23. The highest BCUT2D eigenvalue weighted by Gasteiger charge is 2.12. The molecule has 0 aromatic carbocycles. The maximum absolute atomic E-state index is 4.25. The van der Waals surface area contributed by atoms with Gasteiger partial charge < -0.3 is 0 Å². The second kappa shape index (κ2) is 2.82. The minimum atomic E-state index is 1.08. The molecular weight excluding hydrogens is 200 g/mol. The second-order valence-corrected chi connectivity index (χ2v) is 4.77. The van der Waals surface area contributed by atoms with Gasteiger partial charge >= 0.3 is 0 Å². The number of aromatic nitrogens is 2. The number of fused-ring (bicyclic) bond motifs is 3. The maximum Gasteiger partial charge on any atom is 0.127 e. The second-order valence-electron chi connectivity index (χ2n) is 2.79. The van der Waals surface area contributed by atoms with Crippen LogP contribution in [0.25, 0.3) is 16.3 Å². The maximum atomic E-state index is 4.25. The molecule has 1 aliphatic rings. The zero-order chi connectivity index (χ0) is 8.67. The van der Waals surface area contributed by atoms with Crippen LogP contribution < -0.4 is 0 Å². The zero-order valence-corrected chi connectivity index (χ0v) is 8.36. The molecule has 0 bridgehead atoms. The minimum absolute atomic E-state index is 1.08. The molecule has 0 aliphatic carbocycles. The highest BCUT2D eigenvalue weighted by atomic mass is 32.2. The van der Waals surface area contributed by atoms with Gasteiger partial charge in [-0.3, -0.25) is 0 Å². The van der Waals surface area contributed by atoms with Crippen LogP contribution in [-0.2, 0) is 5.75 Å². The van der Waals surface area contributed by atoms with Gasteiger partial charge in [-0.1, -0.05) is 0 Å². The van der Waals surface area contributed by atoms with Crippen LogP contribution in [0.4, 0.5) is 0 Å². The predicted octanol–water partition coefficient (Wildman–Crippen LogP) is 2.91. The van der Waals surface area contributed by atoms with E-state index in [-0.39, 0.29) is 0 Å². The van der Waals surface area contributed by atoms with Crippen LogP contribution in [0.15, 0.2) is 17.9 Å². The summed E-state index contributed by atoms with van der Waals surface area (Å²) >= 11 is 3.61. The molecule has 0 unspecified atom stereocenters. The van der Waals surface area contributed by atoms with Crippen molar-refractivity contribution in [3.8, 4) is 0 Å². The first-order chi connectivity index (χ1) is 6.45. The summed E-state index contributed by atoms with van der Waals surface area (Å²) in [5.74, 6) is 1.08. The van der Waals surface area contributed by atoms with Crippen molar-refractivity contribution in [2.75, 3.05) is 0 Å². The fourth-order valence-electron chi connectivity index (χ4n) is 1.44. The molecule has 3 heterocycles. The molecule has 1 aliphatic heterocycles. The molecule has 0 spiro atoms. The monoisotopic (exact) mass is 206 g/mol.